The van der Waals surface area contributed by atoms with E-state index in [9.17, 15) is 10.1 Å². The molecule has 3 N–H and O–H groups in total. The Bertz CT molecular complexity index is 352. The first-order chi connectivity index (χ1) is 6.56. The molecule has 0 radical (unpaired) electrons. The van der Waals surface area contributed by atoms with E-state index in [-0.39, 0.29) is 12.3 Å². The van der Waals surface area contributed by atoms with Gasteiger partial charge in [-0.2, -0.15) is 0 Å². The molecule has 0 amide bonds. The molecule has 5 nitrogen and oxygen atoms in total. The molecule has 5 heteroatoms. The normalized spacial score (nSPS) is 12.5. The number of aliphatic hydroxyl groups is 1. The number of hydrogen-bond acceptors (Lipinski definition) is 4. The fraction of sp³-hybridized carbons (Fsp3) is 0.333. The predicted octanol–water partition coefficient (Wildman–Crippen LogP) is 0.895. The first kappa shape index (κ1) is 10.6. The lowest BCUT2D eigenvalue weighted by atomic mass is 10.0. The quantitative estimate of drug-likeness (QED) is 0.555. The van der Waals surface area contributed by atoms with Gasteiger partial charge < -0.3 is 10.8 Å². The summed E-state index contributed by atoms with van der Waals surface area (Å²) < 4.78 is 0. The largest absolute Gasteiger partial charge is 0.394 e. The Hall–Kier alpha value is -1.46. The summed E-state index contributed by atoms with van der Waals surface area (Å²) in [5.74, 6) is 0. The Morgan fingerprint density at radius 2 is 2.29 bits per heavy atom. The second-order valence-electron chi connectivity index (χ2n) is 3.09. The van der Waals surface area contributed by atoms with E-state index in [4.69, 9.17) is 10.8 Å². The topological polar surface area (TPSA) is 89.4 Å². The van der Waals surface area contributed by atoms with Gasteiger partial charge in [-0.15, -0.1) is 0 Å². The van der Waals surface area contributed by atoms with Gasteiger partial charge in [-0.05, 0) is 18.6 Å². The molecule has 1 rings (SSSR count). The van der Waals surface area contributed by atoms with Gasteiger partial charge in [-0.1, -0.05) is 6.07 Å². The molecule has 0 aliphatic rings. The van der Waals surface area contributed by atoms with E-state index in [0.717, 1.165) is 0 Å². The van der Waals surface area contributed by atoms with Gasteiger partial charge in [-0.3, -0.25) is 10.1 Å². The Balaban J connectivity index is 3.06. The summed E-state index contributed by atoms with van der Waals surface area (Å²) in [6.45, 7) is 1.48. The number of nitro benzene ring substituents is 1. The van der Waals surface area contributed by atoms with Crippen LogP contribution in [-0.2, 0) is 0 Å². The fourth-order valence-corrected chi connectivity index (χ4v) is 1.22. The van der Waals surface area contributed by atoms with Gasteiger partial charge in [0.25, 0.3) is 5.69 Å². The molecule has 0 aromatic heterocycles. The van der Waals surface area contributed by atoms with Crippen molar-refractivity contribution in [1.82, 2.24) is 0 Å². The minimum Gasteiger partial charge on any atom is -0.394 e. The Labute approximate surface area is 81.3 Å². The molecular weight excluding hydrogens is 184 g/mol. The van der Waals surface area contributed by atoms with Crippen LogP contribution in [0.15, 0.2) is 18.2 Å². The van der Waals surface area contributed by atoms with Gasteiger partial charge >= 0.3 is 0 Å². The Morgan fingerprint density at radius 1 is 1.64 bits per heavy atom. The lowest BCUT2D eigenvalue weighted by molar-refractivity contribution is -0.385. The van der Waals surface area contributed by atoms with Crippen molar-refractivity contribution < 1.29 is 10.0 Å². The number of nitrogens with two attached hydrogens (primary N) is 1. The van der Waals surface area contributed by atoms with E-state index in [1.807, 2.05) is 0 Å². The van der Waals surface area contributed by atoms with Crippen LogP contribution in [0.5, 0.6) is 0 Å². The van der Waals surface area contributed by atoms with Crippen molar-refractivity contribution >= 4 is 5.69 Å². The zero-order valence-electron chi connectivity index (χ0n) is 7.80. The van der Waals surface area contributed by atoms with E-state index < -0.39 is 11.0 Å². The van der Waals surface area contributed by atoms with Crippen molar-refractivity contribution in [3.05, 3.63) is 39.4 Å². The lowest BCUT2D eigenvalue weighted by Gasteiger charge is -2.08. The van der Waals surface area contributed by atoms with E-state index >= 15 is 0 Å². The van der Waals surface area contributed by atoms with Crippen molar-refractivity contribution in [1.29, 1.82) is 0 Å². The molecule has 0 spiro atoms. The second-order valence-corrected chi connectivity index (χ2v) is 3.09. The number of rotatable bonds is 3. The van der Waals surface area contributed by atoms with Crippen LogP contribution in [0.4, 0.5) is 5.69 Å². The molecule has 76 valence electrons. The van der Waals surface area contributed by atoms with E-state index in [0.29, 0.717) is 11.1 Å². The highest BCUT2D eigenvalue weighted by atomic mass is 16.6. The first-order valence-electron chi connectivity index (χ1n) is 4.17. The van der Waals surface area contributed by atoms with E-state index in [2.05, 4.69) is 0 Å². The van der Waals surface area contributed by atoms with Crippen LogP contribution in [-0.4, -0.2) is 16.6 Å². The minimum atomic E-state index is -0.477. The number of nitro groups is 1. The molecule has 1 unspecified atom stereocenters. The summed E-state index contributed by atoms with van der Waals surface area (Å²) in [5.41, 5.74) is 6.89. The molecule has 14 heavy (non-hydrogen) atoms. The highest BCUT2D eigenvalue weighted by molar-refractivity contribution is 5.42. The second kappa shape index (κ2) is 4.17. The number of nitrogens with zero attached hydrogens (tertiary/aromatic N) is 1. The van der Waals surface area contributed by atoms with Gasteiger partial charge in [-0.25, -0.2) is 0 Å². The fourth-order valence-electron chi connectivity index (χ4n) is 1.22. The van der Waals surface area contributed by atoms with Crippen molar-refractivity contribution in [3.8, 4) is 0 Å². The van der Waals surface area contributed by atoms with Crippen molar-refractivity contribution in [2.24, 2.45) is 5.73 Å². The average molecular weight is 196 g/mol. The Morgan fingerprint density at radius 3 is 2.71 bits per heavy atom. The van der Waals surface area contributed by atoms with Crippen LogP contribution < -0.4 is 5.73 Å². The van der Waals surface area contributed by atoms with Crippen LogP contribution in [0.2, 0.25) is 0 Å². The maximum Gasteiger partial charge on any atom is 0.272 e. The molecule has 1 aromatic rings. The van der Waals surface area contributed by atoms with Gasteiger partial charge in [0.1, 0.15) is 0 Å². The first-order valence-corrected chi connectivity index (χ1v) is 4.17. The van der Waals surface area contributed by atoms with Crippen molar-refractivity contribution in [2.75, 3.05) is 6.61 Å². The predicted molar refractivity (Wildman–Crippen MR) is 51.8 cm³/mol. The van der Waals surface area contributed by atoms with Gasteiger partial charge in [0, 0.05) is 11.6 Å². The highest BCUT2D eigenvalue weighted by Gasteiger charge is 2.12. The number of aliphatic hydroxyl groups excluding tert-OH is 1. The number of aryl methyl sites for hydroxylation is 1. The number of benzene rings is 1. The third-order valence-corrected chi connectivity index (χ3v) is 2.04. The molecule has 0 saturated heterocycles. The highest BCUT2D eigenvalue weighted by Crippen LogP contribution is 2.21. The summed E-state index contributed by atoms with van der Waals surface area (Å²) in [4.78, 5) is 10.1. The molecule has 0 aliphatic carbocycles. The van der Waals surface area contributed by atoms with Gasteiger partial charge in [0.2, 0.25) is 0 Å². The van der Waals surface area contributed by atoms with Crippen LogP contribution in [0, 0.1) is 17.0 Å². The zero-order valence-corrected chi connectivity index (χ0v) is 7.80. The summed E-state index contributed by atoms with van der Waals surface area (Å²) in [6, 6.07) is 4.11. The molecule has 0 fully saturated rings. The van der Waals surface area contributed by atoms with Crippen molar-refractivity contribution in [2.45, 2.75) is 13.0 Å². The van der Waals surface area contributed by atoms with Crippen LogP contribution >= 0.6 is 0 Å². The molecule has 1 atom stereocenters. The average Bonchev–Trinajstić information content (AvgIpc) is 2.15. The number of hydrogen-bond donors (Lipinski definition) is 2. The summed E-state index contributed by atoms with van der Waals surface area (Å²) in [7, 11) is 0. The smallest absolute Gasteiger partial charge is 0.272 e. The van der Waals surface area contributed by atoms with Crippen LogP contribution in [0.25, 0.3) is 0 Å². The maximum atomic E-state index is 10.5. The molecule has 0 saturated carbocycles. The molecule has 0 aliphatic heterocycles. The summed E-state index contributed by atoms with van der Waals surface area (Å²) in [5, 5.41) is 19.3. The monoisotopic (exact) mass is 196 g/mol. The minimum absolute atomic E-state index is 0.0684. The molecular formula is C9H12N2O3. The standard InChI is InChI=1S/C9H12N2O3/c1-6-4-7(8(10)5-12)2-3-9(6)11(13)14/h2-4,8,12H,5,10H2,1H3. The van der Waals surface area contributed by atoms with Crippen LogP contribution in [0.1, 0.15) is 17.2 Å². The summed E-state index contributed by atoms with van der Waals surface area (Å²) >= 11 is 0. The third kappa shape index (κ3) is 2.07. The van der Waals surface area contributed by atoms with Crippen molar-refractivity contribution in [3.63, 3.8) is 0 Å². The Kier molecular flexibility index (Phi) is 3.16. The SMILES string of the molecule is Cc1cc(C(N)CO)ccc1[N+](=O)[O-]. The molecule has 1 aromatic carbocycles. The summed E-state index contributed by atoms with van der Waals surface area (Å²) in [6.07, 6.45) is 0. The molecule has 0 bridgehead atoms. The maximum absolute atomic E-state index is 10.5. The van der Waals surface area contributed by atoms with E-state index in [1.54, 1.807) is 19.1 Å². The van der Waals surface area contributed by atoms with Crippen LogP contribution in [0.3, 0.4) is 0 Å². The third-order valence-electron chi connectivity index (χ3n) is 2.04. The lowest BCUT2D eigenvalue weighted by Crippen LogP contribution is -2.14. The molecule has 0 heterocycles. The van der Waals surface area contributed by atoms with Gasteiger partial charge in [0.15, 0.2) is 0 Å². The zero-order chi connectivity index (χ0) is 10.7. The van der Waals surface area contributed by atoms with E-state index in [1.165, 1.54) is 6.07 Å². The van der Waals surface area contributed by atoms with Gasteiger partial charge in [0.05, 0.1) is 17.6 Å².